The molecule has 0 saturated carbocycles. The van der Waals surface area contributed by atoms with Crippen molar-refractivity contribution >= 4 is 47.9 Å². The Bertz CT molecular complexity index is 6.00. The molecule has 0 aliphatic carbocycles. The molecular weight excluding hydrogens is 100 g/mol. The van der Waals surface area contributed by atoms with Crippen LogP contribution in [0.2, 0.25) is 0 Å². The van der Waals surface area contributed by atoms with E-state index in [0.29, 0.717) is 10.1 Å². The second-order valence-electron chi connectivity index (χ2n) is 0. The van der Waals surface area contributed by atoms with Gasteiger partial charge in [-0.25, -0.2) is 0 Å². The fourth-order valence-corrected chi connectivity index (χ4v) is 0. The quantitative estimate of drug-likeness (QED) is 0.308. The standard InChI is InChI=1S/Ca.H2OSi.H2O.2H/c;1-2;;;/h;2H2;1H2;;. The Hall–Kier alpha value is 1.24. The van der Waals surface area contributed by atoms with Crippen LogP contribution >= 0.6 is 0 Å². The molecule has 2 nitrogen and oxygen atoms in total. The minimum absolute atomic E-state index is 0. The Morgan fingerprint density at radius 3 is 1.25 bits per heavy atom. The SMILES string of the molecule is O.O=[SiH2].[CaH2]. The molecule has 0 spiro atoms. The number of rotatable bonds is 0. The van der Waals surface area contributed by atoms with Gasteiger partial charge in [0.1, 0.15) is 0 Å². The monoisotopic (exact) mass is 106 g/mol. The summed E-state index contributed by atoms with van der Waals surface area (Å²) >= 11 is 0. The average molecular weight is 106 g/mol. The van der Waals surface area contributed by atoms with Crippen molar-refractivity contribution in [3.05, 3.63) is 0 Å². The first kappa shape index (κ1) is 18.8. The van der Waals surface area contributed by atoms with Gasteiger partial charge < -0.3 is 9.94 Å². The van der Waals surface area contributed by atoms with Gasteiger partial charge in [0.05, 0.1) is 0 Å². The number of hydrogen-bond donors (Lipinski definition) is 0. The van der Waals surface area contributed by atoms with E-state index in [1.54, 1.807) is 0 Å². The molecule has 0 aromatic heterocycles. The second-order valence-corrected chi connectivity index (χ2v) is 0. The van der Waals surface area contributed by atoms with E-state index in [1.165, 1.54) is 0 Å². The summed E-state index contributed by atoms with van der Waals surface area (Å²) in [5, 5.41) is 0. The summed E-state index contributed by atoms with van der Waals surface area (Å²) in [6.07, 6.45) is 0. The van der Waals surface area contributed by atoms with Crippen LogP contribution in [-0.2, 0) is 4.46 Å². The summed E-state index contributed by atoms with van der Waals surface area (Å²) in [4.78, 5) is 0. The van der Waals surface area contributed by atoms with Crippen LogP contribution in [0.1, 0.15) is 0 Å². The van der Waals surface area contributed by atoms with E-state index < -0.39 is 0 Å². The molecule has 0 aliphatic rings. The normalized spacial score (nSPS) is 1.00. The molecule has 2 N–H and O–H groups in total. The van der Waals surface area contributed by atoms with Crippen molar-refractivity contribution in [1.82, 2.24) is 0 Å². The first-order chi connectivity index (χ1) is 1.00. The maximum atomic E-state index is 8.28. The molecule has 0 aromatic rings. The maximum absolute atomic E-state index is 8.28. The molecule has 0 fully saturated rings. The molecule has 0 bridgehead atoms. The van der Waals surface area contributed by atoms with Gasteiger partial charge >= 0.3 is 37.7 Å². The summed E-state index contributed by atoms with van der Waals surface area (Å²) in [5.41, 5.74) is 0. The molecular formula is H6CaO2Si. The van der Waals surface area contributed by atoms with E-state index in [4.69, 9.17) is 4.46 Å². The van der Waals surface area contributed by atoms with Crippen molar-refractivity contribution in [3.8, 4) is 0 Å². The summed E-state index contributed by atoms with van der Waals surface area (Å²) in [6, 6.07) is 0. The first-order valence-corrected chi connectivity index (χ1v) is 0.866. The van der Waals surface area contributed by atoms with Crippen LogP contribution in [0.25, 0.3) is 0 Å². The van der Waals surface area contributed by atoms with Crippen molar-refractivity contribution in [1.29, 1.82) is 0 Å². The third-order valence-corrected chi connectivity index (χ3v) is 0. The Labute approximate surface area is 57.4 Å². The van der Waals surface area contributed by atoms with Gasteiger partial charge in [-0.1, -0.05) is 0 Å². The fraction of sp³-hybridized carbons (Fsp3) is 0. The van der Waals surface area contributed by atoms with Crippen LogP contribution < -0.4 is 0 Å². The molecule has 0 aliphatic heterocycles. The topological polar surface area (TPSA) is 48.6 Å². The Morgan fingerprint density at radius 2 is 1.25 bits per heavy atom. The van der Waals surface area contributed by atoms with Gasteiger partial charge in [-0.3, -0.25) is 0 Å². The predicted molar refractivity (Wildman–Crippen MR) is 21.4 cm³/mol. The van der Waals surface area contributed by atoms with Crippen LogP contribution in [0.4, 0.5) is 0 Å². The molecule has 0 amide bonds. The zero-order chi connectivity index (χ0) is 2.00. The van der Waals surface area contributed by atoms with Gasteiger partial charge in [0.15, 0.2) is 0 Å². The van der Waals surface area contributed by atoms with E-state index >= 15 is 0 Å². The Morgan fingerprint density at radius 1 is 1.25 bits per heavy atom. The van der Waals surface area contributed by atoms with E-state index in [2.05, 4.69) is 0 Å². The molecule has 0 unspecified atom stereocenters. The third kappa shape index (κ3) is 10.6. The van der Waals surface area contributed by atoms with Gasteiger partial charge in [-0.05, 0) is 0 Å². The van der Waals surface area contributed by atoms with Crippen molar-refractivity contribution < 1.29 is 9.94 Å². The van der Waals surface area contributed by atoms with Gasteiger partial charge in [0.2, 0.25) is 10.1 Å². The van der Waals surface area contributed by atoms with Gasteiger partial charge in [0, 0.05) is 0 Å². The van der Waals surface area contributed by atoms with Crippen molar-refractivity contribution in [2.75, 3.05) is 0 Å². The van der Waals surface area contributed by atoms with Gasteiger partial charge in [-0.15, -0.1) is 0 Å². The molecule has 0 saturated heterocycles. The molecule has 0 heterocycles. The van der Waals surface area contributed by atoms with Crippen molar-refractivity contribution in [3.63, 3.8) is 0 Å². The van der Waals surface area contributed by atoms with Crippen LogP contribution in [0, 0.1) is 0 Å². The van der Waals surface area contributed by atoms with Crippen molar-refractivity contribution in [2.24, 2.45) is 0 Å². The van der Waals surface area contributed by atoms with E-state index in [-0.39, 0.29) is 43.2 Å². The third-order valence-electron chi connectivity index (χ3n) is 0. The van der Waals surface area contributed by atoms with Crippen molar-refractivity contribution in [2.45, 2.75) is 0 Å². The van der Waals surface area contributed by atoms with Crippen LogP contribution in [0.3, 0.4) is 0 Å². The molecule has 4 heavy (non-hydrogen) atoms. The zero-order valence-corrected chi connectivity index (χ0v) is 3.03. The summed E-state index contributed by atoms with van der Waals surface area (Å²) in [7, 11) is 0.611. The summed E-state index contributed by atoms with van der Waals surface area (Å²) < 4.78 is 8.28. The summed E-state index contributed by atoms with van der Waals surface area (Å²) in [6.45, 7) is 0. The van der Waals surface area contributed by atoms with E-state index in [9.17, 15) is 0 Å². The van der Waals surface area contributed by atoms with Crippen LogP contribution in [-0.4, -0.2) is 53.3 Å². The fourth-order valence-electron chi connectivity index (χ4n) is 0. The minimum atomic E-state index is 0. The second kappa shape index (κ2) is 29.0. The van der Waals surface area contributed by atoms with Crippen LogP contribution in [0.5, 0.6) is 0 Å². The van der Waals surface area contributed by atoms with E-state index in [1.807, 2.05) is 0 Å². The molecule has 0 aromatic carbocycles. The molecule has 0 atom stereocenters. The molecule has 0 rings (SSSR count). The average Bonchev–Trinajstić information content (AvgIpc) is 1.00. The molecule has 0 radical (unpaired) electrons. The zero-order valence-electron chi connectivity index (χ0n) is 1.62. The Kier molecular flexibility index (Phi) is 136. The first-order valence-electron chi connectivity index (χ1n) is 0.289. The molecule has 24 valence electrons. The van der Waals surface area contributed by atoms with Gasteiger partial charge in [0.25, 0.3) is 0 Å². The Balaban J connectivity index is -0.00000000500. The predicted octanol–water partition coefficient (Wildman–Crippen LogP) is -2.78. The van der Waals surface area contributed by atoms with Crippen LogP contribution in [0.15, 0.2) is 0 Å². The number of hydrogen-bond acceptors (Lipinski definition) is 1. The van der Waals surface area contributed by atoms with E-state index in [0.717, 1.165) is 0 Å². The van der Waals surface area contributed by atoms with Gasteiger partial charge in [-0.2, -0.15) is 0 Å². The molecule has 4 heteroatoms. The summed E-state index contributed by atoms with van der Waals surface area (Å²) in [5.74, 6) is 0.